The largest absolute Gasteiger partial charge is 0.326 e. The topological polar surface area (TPSA) is 32.3 Å². The van der Waals surface area contributed by atoms with Crippen molar-refractivity contribution >= 4 is 22.4 Å². The molecule has 1 atom stereocenters. The molecule has 3 heteroatoms. The summed E-state index contributed by atoms with van der Waals surface area (Å²) in [5, 5.41) is 5.69. The van der Waals surface area contributed by atoms with Gasteiger partial charge in [-0.3, -0.25) is 9.69 Å². The van der Waals surface area contributed by atoms with Crippen molar-refractivity contribution in [3.8, 4) is 0 Å². The van der Waals surface area contributed by atoms with Crippen LogP contribution in [0.25, 0.3) is 10.8 Å². The van der Waals surface area contributed by atoms with Crippen LogP contribution in [0.15, 0.2) is 66.7 Å². The number of fused-ring (bicyclic) bond motifs is 1. The highest BCUT2D eigenvalue weighted by molar-refractivity contribution is 5.92. The van der Waals surface area contributed by atoms with Crippen molar-refractivity contribution in [3.63, 3.8) is 0 Å². The van der Waals surface area contributed by atoms with Crippen molar-refractivity contribution in [3.05, 3.63) is 77.9 Å². The van der Waals surface area contributed by atoms with Gasteiger partial charge in [-0.2, -0.15) is 0 Å². The summed E-state index contributed by atoms with van der Waals surface area (Å²) in [6.45, 7) is 4.82. The summed E-state index contributed by atoms with van der Waals surface area (Å²) in [7, 11) is 0. The second-order valence-corrected chi connectivity index (χ2v) is 7.57. The van der Waals surface area contributed by atoms with Gasteiger partial charge in [0.1, 0.15) is 0 Å². The third-order valence-corrected chi connectivity index (χ3v) is 5.44. The van der Waals surface area contributed by atoms with Crippen molar-refractivity contribution in [2.75, 3.05) is 18.4 Å². The zero-order chi connectivity index (χ0) is 18.6. The number of nitrogens with zero attached hydrogens (tertiary/aromatic N) is 1. The van der Waals surface area contributed by atoms with E-state index in [0.29, 0.717) is 0 Å². The molecule has 138 valence electrons. The van der Waals surface area contributed by atoms with Crippen LogP contribution in [-0.4, -0.2) is 23.9 Å². The molecule has 0 radical (unpaired) electrons. The van der Waals surface area contributed by atoms with Crippen LogP contribution in [-0.2, 0) is 11.3 Å². The monoisotopic (exact) mass is 358 g/mol. The van der Waals surface area contributed by atoms with Crippen LogP contribution in [0, 0.1) is 12.8 Å². The van der Waals surface area contributed by atoms with Gasteiger partial charge in [0, 0.05) is 18.8 Å². The van der Waals surface area contributed by atoms with Crippen LogP contribution in [0.2, 0.25) is 0 Å². The van der Waals surface area contributed by atoms with E-state index in [1.165, 1.54) is 16.3 Å². The molecular weight excluding hydrogens is 332 g/mol. The van der Waals surface area contributed by atoms with E-state index in [9.17, 15) is 4.79 Å². The minimum Gasteiger partial charge on any atom is -0.326 e. The molecular formula is C24H26N2O. The number of anilines is 1. The first-order chi connectivity index (χ1) is 13.2. The molecule has 0 bridgehead atoms. The summed E-state index contributed by atoms with van der Waals surface area (Å²) in [5.41, 5.74) is 3.40. The first kappa shape index (κ1) is 17.7. The molecule has 0 aromatic heterocycles. The van der Waals surface area contributed by atoms with Crippen molar-refractivity contribution in [1.29, 1.82) is 0 Å². The van der Waals surface area contributed by atoms with Crippen molar-refractivity contribution in [2.45, 2.75) is 26.3 Å². The van der Waals surface area contributed by atoms with Gasteiger partial charge in [-0.1, -0.05) is 54.6 Å². The van der Waals surface area contributed by atoms with E-state index in [4.69, 9.17) is 0 Å². The van der Waals surface area contributed by atoms with Gasteiger partial charge < -0.3 is 5.32 Å². The van der Waals surface area contributed by atoms with Gasteiger partial charge in [0.05, 0.1) is 5.92 Å². The molecule has 1 aliphatic heterocycles. The van der Waals surface area contributed by atoms with E-state index in [0.717, 1.165) is 43.7 Å². The molecule has 0 saturated carbocycles. The fourth-order valence-corrected chi connectivity index (χ4v) is 4.05. The van der Waals surface area contributed by atoms with Crippen LogP contribution >= 0.6 is 0 Å². The number of hydrogen-bond donors (Lipinski definition) is 1. The quantitative estimate of drug-likeness (QED) is 0.712. The maximum absolute atomic E-state index is 12.8. The normalized spacial score (nSPS) is 17.7. The fourth-order valence-electron chi connectivity index (χ4n) is 4.05. The first-order valence-corrected chi connectivity index (χ1v) is 9.75. The van der Waals surface area contributed by atoms with Gasteiger partial charge in [-0.25, -0.2) is 0 Å². The maximum Gasteiger partial charge on any atom is 0.228 e. The second kappa shape index (κ2) is 7.93. The lowest BCUT2D eigenvalue weighted by Gasteiger charge is -2.32. The van der Waals surface area contributed by atoms with Crippen molar-refractivity contribution in [1.82, 2.24) is 4.90 Å². The van der Waals surface area contributed by atoms with Crippen LogP contribution in [0.1, 0.15) is 24.0 Å². The number of piperidine rings is 1. The van der Waals surface area contributed by atoms with Gasteiger partial charge in [-0.15, -0.1) is 0 Å². The van der Waals surface area contributed by atoms with Crippen LogP contribution in [0.5, 0.6) is 0 Å². The number of carbonyl (C=O) groups excluding carboxylic acids is 1. The second-order valence-electron chi connectivity index (χ2n) is 7.57. The summed E-state index contributed by atoms with van der Waals surface area (Å²) in [6, 6.07) is 23.0. The number of likely N-dealkylation sites (tertiary alicyclic amines) is 1. The third kappa shape index (κ3) is 4.20. The molecule has 1 unspecified atom stereocenters. The van der Waals surface area contributed by atoms with Gasteiger partial charge in [0.15, 0.2) is 0 Å². The fraction of sp³-hybridized carbons (Fsp3) is 0.292. The molecule has 4 rings (SSSR count). The van der Waals surface area contributed by atoms with Gasteiger partial charge in [0.2, 0.25) is 5.91 Å². The Morgan fingerprint density at radius 3 is 2.78 bits per heavy atom. The Labute approximate surface area is 161 Å². The Morgan fingerprint density at radius 2 is 1.89 bits per heavy atom. The molecule has 1 N–H and O–H groups in total. The Balaban J connectivity index is 1.44. The van der Waals surface area contributed by atoms with E-state index < -0.39 is 0 Å². The van der Waals surface area contributed by atoms with Gasteiger partial charge in [-0.05, 0) is 60.3 Å². The van der Waals surface area contributed by atoms with Gasteiger partial charge >= 0.3 is 0 Å². The Morgan fingerprint density at radius 1 is 1.07 bits per heavy atom. The van der Waals surface area contributed by atoms with Crippen LogP contribution in [0.4, 0.5) is 5.69 Å². The lowest BCUT2D eigenvalue weighted by atomic mass is 9.96. The zero-order valence-corrected chi connectivity index (χ0v) is 15.8. The van der Waals surface area contributed by atoms with E-state index in [2.05, 4.69) is 52.7 Å². The molecule has 0 aliphatic carbocycles. The zero-order valence-electron chi connectivity index (χ0n) is 15.8. The lowest BCUT2D eigenvalue weighted by Crippen LogP contribution is -2.40. The molecule has 3 nitrogen and oxygen atoms in total. The van der Waals surface area contributed by atoms with E-state index in [1.807, 2.05) is 31.2 Å². The summed E-state index contributed by atoms with van der Waals surface area (Å²) < 4.78 is 0. The molecule has 27 heavy (non-hydrogen) atoms. The molecule has 1 amide bonds. The number of aryl methyl sites for hydroxylation is 1. The molecule has 1 fully saturated rings. The highest BCUT2D eigenvalue weighted by Crippen LogP contribution is 2.24. The Bertz CT molecular complexity index is 945. The Hall–Kier alpha value is -2.65. The number of hydrogen-bond acceptors (Lipinski definition) is 2. The highest BCUT2D eigenvalue weighted by atomic mass is 16.1. The molecule has 0 spiro atoms. The SMILES string of the molecule is Cc1cccc(NC(=O)C2CCCN(Cc3cccc4ccccc34)C2)c1. The molecule has 1 saturated heterocycles. The molecule has 1 aliphatic rings. The standard InChI is InChI=1S/C24H26N2O/c1-18-7-4-12-22(15-18)25-24(27)21-11-6-14-26(17-21)16-20-10-5-9-19-8-2-3-13-23(19)20/h2-5,7-10,12-13,15,21H,6,11,14,16-17H2,1H3,(H,25,27). The molecule has 1 heterocycles. The predicted molar refractivity (Wildman–Crippen MR) is 112 cm³/mol. The lowest BCUT2D eigenvalue weighted by molar-refractivity contribution is -0.121. The summed E-state index contributed by atoms with van der Waals surface area (Å²) in [6.07, 6.45) is 2.03. The summed E-state index contributed by atoms with van der Waals surface area (Å²) in [5.74, 6) is 0.192. The number of amides is 1. The number of benzene rings is 3. The Kier molecular flexibility index (Phi) is 5.21. The summed E-state index contributed by atoms with van der Waals surface area (Å²) in [4.78, 5) is 15.2. The number of nitrogens with one attached hydrogen (secondary N) is 1. The van der Waals surface area contributed by atoms with E-state index in [-0.39, 0.29) is 11.8 Å². The van der Waals surface area contributed by atoms with Crippen molar-refractivity contribution in [2.24, 2.45) is 5.92 Å². The van der Waals surface area contributed by atoms with Crippen LogP contribution < -0.4 is 5.32 Å². The number of rotatable bonds is 4. The smallest absolute Gasteiger partial charge is 0.228 e. The molecule has 3 aromatic rings. The van der Waals surface area contributed by atoms with Crippen molar-refractivity contribution < 1.29 is 4.79 Å². The minimum atomic E-state index is 0.0502. The van der Waals surface area contributed by atoms with E-state index >= 15 is 0 Å². The minimum absolute atomic E-state index is 0.0502. The third-order valence-electron chi connectivity index (χ3n) is 5.44. The number of carbonyl (C=O) groups is 1. The van der Waals surface area contributed by atoms with Crippen LogP contribution in [0.3, 0.4) is 0 Å². The highest BCUT2D eigenvalue weighted by Gasteiger charge is 2.26. The predicted octanol–water partition coefficient (Wildman–Crippen LogP) is 5.00. The molecule has 3 aromatic carbocycles. The maximum atomic E-state index is 12.8. The van der Waals surface area contributed by atoms with Gasteiger partial charge in [0.25, 0.3) is 0 Å². The average Bonchev–Trinajstić information content (AvgIpc) is 2.68. The first-order valence-electron chi connectivity index (χ1n) is 9.75. The average molecular weight is 358 g/mol. The summed E-state index contributed by atoms with van der Waals surface area (Å²) >= 11 is 0. The van der Waals surface area contributed by atoms with E-state index in [1.54, 1.807) is 0 Å².